The summed E-state index contributed by atoms with van der Waals surface area (Å²) in [6, 6.07) is 1.31. The summed E-state index contributed by atoms with van der Waals surface area (Å²) < 4.78 is 23.0. The summed E-state index contributed by atoms with van der Waals surface area (Å²) in [4.78, 5) is 31.8. The number of phenolic OH excluding ortho intramolecular Hbond substituents is 2. The van der Waals surface area contributed by atoms with Crippen LogP contribution in [0.3, 0.4) is 0 Å². The van der Waals surface area contributed by atoms with Gasteiger partial charge in [0, 0.05) is 57.2 Å². The molecule has 46 heavy (non-hydrogen) atoms. The topological polar surface area (TPSA) is 165 Å². The van der Waals surface area contributed by atoms with Gasteiger partial charge < -0.3 is 40.2 Å². The molecule has 0 aliphatic carbocycles. The van der Waals surface area contributed by atoms with E-state index in [4.69, 9.17) is 24.7 Å². The summed E-state index contributed by atoms with van der Waals surface area (Å²) in [7, 11) is 4.71. The number of carbonyl (C=O) groups excluding carboxylic acids is 2. The predicted molar refractivity (Wildman–Crippen MR) is 178 cm³/mol. The van der Waals surface area contributed by atoms with Gasteiger partial charge in [0.05, 0.1) is 17.9 Å². The molecule has 1 fully saturated rings. The van der Waals surface area contributed by atoms with E-state index in [1.165, 1.54) is 13.2 Å². The van der Waals surface area contributed by atoms with Crippen LogP contribution in [0.1, 0.15) is 46.1 Å². The maximum atomic E-state index is 13.2. The number of nitrogens with one attached hydrogen (secondary N) is 1. The highest BCUT2D eigenvalue weighted by Gasteiger charge is 2.31. The fraction of sp³-hybridized carbons (Fsp3) is 0.559. The van der Waals surface area contributed by atoms with E-state index in [9.17, 15) is 19.8 Å². The average molecular weight is 643 g/mol. The Morgan fingerprint density at radius 1 is 1.15 bits per heavy atom. The molecule has 12 heteroatoms. The molecule has 0 radical (unpaired) electrons. The van der Waals surface area contributed by atoms with E-state index < -0.39 is 24.2 Å². The fourth-order valence-electron chi connectivity index (χ4n) is 5.90. The number of carbonyl (C=O) groups is 2. The molecule has 0 aromatic heterocycles. The van der Waals surface area contributed by atoms with E-state index in [0.717, 1.165) is 19.5 Å². The minimum absolute atomic E-state index is 0.0669. The number of ether oxygens (including phenoxy) is 4. The zero-order valence-corrected chi connectivity index (χ0v) is 28.0. The lowest BCUT2D eigenvalue weighted by molar-refractivity contribution is -0.112. The summed E-state index contributed by atoms with van der Waals surface area (Å²) in [5, 5.41) is 25.3. The number of hydrogen-bond acceptors (Lipinski definition) is 10. The normalized spacial score (nSPS) is 30.0. The van der Waals surface area contributed by atoms with Gasteiger partial charge in [0.25, 0.3) is 5.91 Å². The highest BCUT2D eigenvalue weighted by atomic mass is 16.6. The average Bonchev–Trinajstić information content (AvgIpc) is 2.98. The molecule has 254 valence electrons. The number of nitrogens with two attached hydrogens (primary N) is 1. The summed E-state index contributed by atoms with van der Waals surface area (Å²) in [5.41, 5.74) is 7.18. The van der Waals surface area contributed by atoms with Crippen molar-refractivity contribution >= 4 is 29.6 Å². The molecule has 12 nitrogen and oxygen atoms in total. The fourth-order valence-corrected chi connectivity index (χ4v) is 5.90. The molecular formula is C34H50N4O8. The Hall–Kier alpha value is -3.71. The van der Waals surface area contributed by atoms with Crippen molar-refractivity contribution in [2.45, 2.75) is 71.4 Å². The van der Waals surface area contributed by atoms with Crippen LogP contribution >= 0.6 is 0 Å². The Balaban J connectivity index is 2.11. The van der Waals surface area contributed by atoms with E-state index in [1.54, 1.807) is 45.6 Å². The first-order chi connectivity index (χ1) is 21.9. The van der Waals surface area contributed by atoms with Crippen LogP contribution in [0.4, 0.5) is 16.2 Å². The van der Waals surface area contributed by atoms with Crippen LogP contribution in [0.5, 0.6) is 11.5 Å². The molecule has 3 rings (SSSR count). The summed E-state index contributed by atoms with van der Waals surface area (Å²) >= 11 is 0. The van der Waals surface area contributed by atoms with Gasteiger partial charge in [-0.2, -0.15) is 0 Å². The lowest BCUT2D eigenvalue weighted by Crippen LogP contribution is -2.38. The molecule has 0 saturated carbocycles. The van der Waals surface area contributed by atoms with Crippen molar-refractivity contribution in [3.05, 3.63) is 47.1 Å². The number of anilines is 1. The van der Waals surface area contributed by atoms with Crippen LogP contribution in [-0.2, 0) is 30.2 Å². The zero-order chi connectivity index (χ0) is 34.0. The monoisotopic (exact) mass is 642 g/mol. The number of primary amides is 1. The molecule has 2 heterocycles. The van der Waals surface area contributed by atoms with Crippen molar-refractivity contribution in [3.63, 3.8) is 0 Å². The molecule has 2 bridgehead atoms. The standard InChI is InChI=1S/C34H50N4O8/c1-20-16-24-29(36-12-15-38-13-9-14-38)26(39)19-25(30(24)40)37-33(41)21(2)10-8-11-27(43-5)32(46-34(35)42)23(4)18-22(3)31(45-7)28(17-20)44-6/h8,10-12,18-20,22,27-28,31-32,39-40H,9,13-17H2,1-7H3,(H2,35,42)(H,37,41)/b11-8-,21-10+,23-18+,36-12?/t20-,22+,27+,28+,31-,32+/m1/s1. The van der Waals surface area contributed by atoms with Crippen molar-refractivity contribution in [2.24, 2.45) is 22.6 Å². The van der Waals surface area contributed by atoms with Gasteiger partial charge in [0.2, 0.25) is 0 Å². The van der Waals surface area contributed by atoms with Crippen molar-refractivity contribution in [3.8, 4) is 11.5 Å². The largest absolute Gasteiger partial charge is 0.506 e. The molecule has 6 atom stereocenters. The Bertz CT molecular complexity index is 1340. The third-order valence-electron chi connectivity index (χ3n) is 8.55. The first-order valence-corrected chi connectivity index (χ1v) is 15.6. The zero-order valence-electron chi connectivity index (χ0n) is 28.0. The van der Waals surface area contributed by atoms with Gasteiger partial charge in [-0.15, -0.1) is 0 Å². The van der Waals surface area contributed by atoms with E-state index in [-0.39, 0.29) is 46.9 Å². The van der Waals surface area contributed by atoms with Gasteiger partial charge in [-0.1, -0.05) is 38.2 Å². The molecule has 1 saturated heterocycles. The number of benzene rings is 1. The molecule has 0 spiro atoms. The highest BCUT2D eigenvalue weighted by molar-refractivity contribution is 6.04. The number of likely N-dealkylation sites (tertiary alicyclic amines) is 1. The van der Waals surface area contributed by atoms with E-state index in [2.05, 4.69) is 15.2 Å². The molecule has 0 unspecified atom stereocenters. The highest BCUT2D eigenvalue weighted by Crippen LogP contribution is 2.44. The quantitative estimate of drug-likeness (QED) is 0.144. The van der Waals surface area contributed by atoms with Gasteiger partial charge in [-0.3, -0.25) is 14.7 Å². The van der Waals surface area contributed by atoms with Gasteiger partial charge in [0.15, 0.2) is 6.10 Å². The first kappa shape index (κ1) is 36.8. The smallest absolute Gasteiger partial charge is 0.405 e. The maximum absolute atomic E-state index is 13.2. The van der Waals surface area contributed by atoms with E-state index in [1.807, 2.05) is 26.8 Å². The van der Waals surface area contributed by atoms with Crippen molar-refractivity contribution in [1.29, 1.82) is 0 Å². The third-order valence-corrected chi connectivity index (χ3v) is 8.55. The van der Waals surface area contributed by atoms with Crippen molar-refractivity contribution < 1.29 is 38.7 Å². The number of amides is 2. The second kappa shape index (κ2) is 17.3. The van der Waals surface area contributed by atoms with Gasteiger partial charge in [0.1, 0.15) is 23.3 Å². The number of methoxy groups -OCH3 is 3. The summed E-state index contributed by atoms with van der Waals surface area (Å²) in [6.07, 6.45) is 7.26. The van der Waals surface area contributed by atoms with Crippen molar-refractivity contribution in [1.82, 2.24) is 4.90 Å². The minimum atomic E-state index is -0.953. The van der Waals surface area contributed by atoms with Crippen LogP contribution in [0, 0.1) is 11.8 Å². The Morgan fingerprint density at radius 3 is 2.46 bits per heavy atom. The minimum Gasteiger partial charge on any atom is -0.506 e. The number of aliphatic imine (C=N–C) groups is 1. The summed E-state index contributed by atoms with van der Waals surface area (Å²) in [5.74, 6) is -1.06. The van der Waals surface area contributed by atoms with Crippen LogP contribution in [-0.4, -0.2) is 98.7 Å². The van der Waals surface area contributed by atoms with Gasteiger partial charge in [-0.25, -0.2) is 4.79 Å². The number of hydrogen-bond donors (Lipinski definition) is 4. The third kappa shape index (κ3) is 9.65. The maximum Gasteiger partial charge on any atom is 0.405 e. The lowest BCUT2D eigenvalue weighted by atomic mass is 9.87. The van der Waals surface area contributed by atoms with Crippen LogP contribution in [0.15, 0.2) is 46.5 Å². The lowest BCUT2D eigenvalue weighted by Gasteiger charge is -2.32. The van der Waals surface area contributed by atoms with Crippen LogP contribution in [0.2, 0.25) is 0 Å². The summed E-state index contributed by atoms with van der Waals surface area (Å²) in [6.45, 7) is 10.1. The second-order valence-corrected chi connectivity index (χ2v) is 12.1. The molecular weight excluding hydrogens is 592 g/mol. The molecule has 2 aliphatic heterocycles. The SMILES string of the molecule is CO[C@H]1[C@@H](OC)C[C@H](C)Cc2c(O)c(cc(O)c2N=CCN2CCC2)NC(=O)/C(C)=C/C=C\[C@H](OC)[C@@H](OC(N)=O)/C(C)=C/[C@@H]1C. The first-order valence-electron chi connectivity index (χ1n) is 15.6. The predicted octanol–water partition coefficient (Wildman–Crippen LogP) is 4.62. The molecule has 5 N–H and O–H groups in total. The van der Waals surface area contributed by atoms with E-state index >= 15 is 0 Å². The number of phenols is 2. The van der Waals surface area contributed by atoms with Crippen LogP contribution < -0.4 is 11.1 Å². The van der Waals surface area contributed by atoms with Gasteiger partial charge in [-0.05, 0) is 57.7 Å². The van der Waals surface area contributed by atoms with Gasteiger partial charge >= 0.3 is 6.09 Å². The second-order valence-electron chi connectivity index (χ2n) is 12.1. The van der Waals surface area contributed by atoms with Crippen molar-refractivity contribution in [2.75, 3.05) is 46.3 Å². The Kier molecular flexibility index (Phi) is 13.8. The number of allylic oxidation sites excluding steroid dienone is 2. The Morgan fingerprint density at radius 2 is 1.87 bits per heavy atom. The number of aromatic hydroxyl groups is 2. The molecule has 1 aromatic rings. The molecule has 1 aromatic carbocycles. The number of rotatable bonds is 7. The van der Waals surface area contributed by atoms with Crippen LogP contribution in [0.25, 0.3) is 0 Å². The molecule has 2 aliphatic rings. The molecule has 2 amide bonds. The Labute approximate surface area is 271 Å². The van der Waals surface area contributed by atoms with E-state index in [0.29, 0.717) is 36.1 Å². The number of fused-ring (bicyclic) bond motifs is 2. The number of nitrogens with zero attached hydrogens (tertiary/aromatic N) is 2.